The second kappa shape index (κ2) is 9.40. The number of benzene rings is 3. The molecule has 4 nitrogen and oxygen atoms in total. The SMILES string of the molecule is CC(C)(Cc1ccc(F)cc1)NC(=O)c1ccccc1NSc1cccc2cccnc12. The van der Waals surface area contributed by atoms with Crippen molar-refractivity contribution in [3.05, 3.63) is 102 Å². The zero-order valence-corrected chi connectivity index (χ0v) is 18.7. The lowest BCUT2D eigenvalue weighted by molar-refractivity contribution is 0.0914. The van der Waals surface area contributed by atoms with Crippen molar-refractivity contribution in [3.8, 4) is 0 Å². The van der Waals surface area contributed by atoms with E-state index in [1.165, 1.54) is 24.1 Å². The van der Waals surface area contributed by atoms with Gasteiger partial charge in [-0.3, -0.25) is 9.78 Å². The third-order valence-corrected chi connectivity index (χ3v) is 5.92. The maximum atomic E-state index is 13.2. The van der Waals surface area contributed by atoms with E-state index in [2.05, 4.69) is 15.0 Å². The Balaban J connectivity index is 1.48. The Hall–Kier alpha value is -3.38. The second-order valence-corrected chi connectivity index (χ2v) is 9.07. The highest BCUT2D eigenvalue weighted by Gasteiger charge is 2.23. The van der Waals surface area contributed by atoms with Crippen LogP contribution >= 0.6 is 11.9 Å². The molecule has 0 bridgehead atoms. The second-order valence-electron chi connectivity index (χ2n) is 8.22. The van der Waals surface area contributed by atoms with E-state index in [4.69, 9.17) is 0 Å². The number of carbonyl (C=O) groups is 1. The van der Waals surface area contributed by atoms with Crippen LogP contribution in [-0.2, 0) is 6.42 Å². The first-order valence-corrected chi connectivity index (χ1v) is 11.2. The predicted octanol–water partition coefficient (Wildman–Crippen LogP) is 6.24. The van der Waals surface area contributed by atoms with Crippen LogP contribution in [0.15, 0.2) is 90.0 Å². The van der Waals surface area contributed by atoms with Crippen molar-refractivity contribution in [2.75, 3.05) is 4.72 Å². The van der Waals surface area contributed by atoms with E-state index in [0.717, 1.165) is 27.0 Å². The average Bonchev–Trinajstić information content (AvgIpc) is 2.79. The number of anilines is 1. The van der Waals surface area contributed by atoms with Crippen molar-refractivity contribution in [2.45, 2.75) is 30.7 Å². The summed E-state index contributed by atoms with van der Waals surface area (Å²) in [6, 6.07) is 23.7. The predicted molar refractivity (Wildman–Crippen MR) is 129 cm³/mol. The van der Waals surface area contributed by atoms with Crippen molar-refractivity contribution >= 4 is 34.4 Å². The number of amides is 1. The van der Waals surface area contributed by atoms with E-state index in [-0.39, 0.29) is 11.7 Å². The van der Waals surface area contributed by atoms with Gasteiger partial charge in [0, 0.05) is 17.1 Å². The Kier molecular flexibility index (Phi) is 6.42. The molecule has 3 aromatic carbocycles. The third-order valence-electron chi connectivity index (χ3n) is 5.05. The summed E-state index contributed by atoms with van der Waals surface area (Å²) in [6.07, 6.45) is 2.36. The van der Waals surface area contributed by atoms with E-state index in [0.29, 0.717) is 12.0 Å². The summed E-state index contributed by atoms with van der Waals surface area (Å²) >= 11 is 1.43. The van der Waals surface area contributed by atoms with Crippen LogP contribution in [0, 0.1) is 5.82 Å². The molecule has 4 rings (SSSR count). The van der Waals surface area contributed by atoms with Crippen LogP contribution in [-0.4, -0.2) is 16.4 Å². The highest BCUT2D eigenvalue weighted by molar-refractivity contribution is 8.00. The first-order valence-electron chi connectivity index (χ1n) is 10.3. The number of pyridine rings is 1. The molecular weight excluding hydrogens is 421 g/mol. The van der Waals surface area contributed by atoms with Crippen LogP contribution in [0.5, 0.6) is 0 Å². The van der Waals surface area contributed by atoms with Crippen LogP contribution in [0.4, 0.5) is 10.1 Å². The lowest BCUT2D eigenvalue weighted by atomic mass is 9.94. The normalized spacial score (nSPS) is 11.3. The van der Waals surface area contributed by atoms with Crippen LogP contribution < -0.4 is 10.0 Å². The van der Waals surface area contributed by atoms with Crippen molar-refractivity contribution in [2.24, 2.45) is 0 Å². The number of carbonyl (C=O) groups excluding carboxylic acids is 1. The molecule has 0 saturated heterocycles. The number of hydrogen-bond acceptors (Lipinski definition) is 4. The summed E-state index contributed by atoms with van der Waals surface area (Å²) in [5, 5.41) is 4.17. The van der Waals surface area contributed by atoms with Gasteiger partial charge in [-0.1, -0.05) is 42.5 Å². The minimum absolute atomic E-state index is 0.170. The minimum Gasteiger partial charge on any atom is -0.347 e. The van der Waals surface area contributed by atoms with Crippen LogP contribution in [0.25, 0.3) is 10.9 Å². The zero-order chi connectivity index (χ0) is 22.6. The molecule has 0 atom stereocenters. The summed E-state index contributed by atoms with van der Waals surface area (Å²) in [4.78, 5) is 18.6. The molecule has 0 spiro atoms. The molecule has 0 fully saturated rings. The maximum absolute atomic E-state index is 13.2. The maximum Gasteiger partial charge on any atom is 0.253 e. The number of aromatic nitrogens is 1. The number of nitrogens with one attached hydrogen (secondary N) is 2. The molecule has 4 aromatic rings. The quantitative estimate of drug-likeness (QED) is 0.331. The molecule has 1 amide bonds. The summed E-state index contributed by atoms with van der Waals surface area (Å²) < 4.78 is 16.5. The fourth-order valence-corrected chi connectivity index (χ4v) is 4.38. The molecule has 162 valence electrons. The van der Waals surface area contributed by atoms with Gasteiger partial charge in [0.1, 0.15) is 5.82 Å². The molecule has 0 unspecified atom stereocenters. The molecule has 0 radical (unpaired) electrons. The van der Waals surface area contributed by atoms with Gasteiger partial charge in [0.25, 0.3) is 5.91 Å². The van der Waals surface area contributed by atoms with Crippen LogP contribution in [0.3, 0.4) is 0 Å². The molecule has 2 N–H and O–H groups in total. The molecular formula is C26H24FN3OS. The number of fused-ring (bicyclic) bond motifs is 1. The Bertz CT molecular complexity index is 1240. The molecule has 1 aromatic heterocycles. The number of halogens is 1. The van der Waals surface area contributed by atoms with Gasteiger partial charge >= 0.3 is 0 Å². The highest BCUT2D eigenvalue weighted by atomic mass is 32.2. The number of hydrogen-bond donors (Lipinski definition) is 2. The topological polar surface area (TPSA) is 54.0 Å². The molecule has 0 aliphatic carbocycles. The molecule has 1 heterocycles. The van der Waals surface area contributed by atoms with Crippen molar-refractivity contribution in [3.63, 3.8) is 0 Å². The first-order chi connectivity index (χ1) is 15.4. The van der Waals surface area contributed by atoms with Gasteiger partial charge in [-0.25, -0.2) is 4.39 Å². The fraction of sp³-hybridized carbons (Fsp3) is 0.154. The monoisotopic (exact) mass is 445 g/mol. The van der Waals surface area contributed by atoms with Crippen molar-refractivity contribution in [1.29, 1.82) is 0 Å². The lowest BCUT2D eigenvalue weighted by Crippen LogP contribution is -2.45. The third kappa shape index (κ3) is 5.26. The van der Waals surface area contributed by atoms with E-state index >= 15 is 0 Å². The standard InChI is InChI=1S/C26H24FN3OS/c1-26(2,17-18-12-14-20(27)15-13-18)29-25(31)21-9-3-4-10-22(21)30-32-23-11-5-7-19-8-6-16-28-24(19)23/h3-16,30H,17H2,1-2H3,(H,29,31). The highest BCUT2D eigenvalue weighted by Crippen LogP contribution is 2.29. The van der Waals surface area contributed by atoms with Gasteiger partial charge in [0.2, 0.25) is 0 Å². The Morgan fingerprint density at radius 3 is 2.53 bits per heavy atom. The van der Waals surface area contributed by atoms with E-state index in [9.17, 15) is 9.18 Å². The van der Waals surface area contributed by atoms with Gasteiger partial charge in [-0.15, -0.1) is 0 Å². The zero-order valence-electron chi connectivity index (χ0n) is 17.9. The van der Waals surface area contributed by atoms with Gasteiger partial charge in [0.05, 0.1) is 21.7 Å². The number of para-hydroxylation sites is 2. The smallest absolute Gasteiger partial charge is 0.253 e. The molecule has 6 heteroatoms. The van der Waals surface area contributed by atoms with Crippen LogP contribution in [0.2, 0.25) is 0 Å². The van der Waals surface area contributed by atoms with Crippen LogP contribution in [0.1, 0.15) is 29.8 Å². The minimum atomic E-state index is -0.505. The van der Waals surface area contributed by atoms with E-state index in [1.807, 2.05) is 62.4 Å². The Morgan fingerprint density at radius 1 is 0.969 bits per heavy atom. The molecule has 32 heavy (non-hydrogen) atoms. The molecule has 0 saturated carbocycles. The number of nitrogens with zero attached hydrogens (tertiary/aromatic N) is 1. The lowest BCUT2D eigenvalue weighted by Gasteiger charge is -2.27. The Labute approximate surface area is 191 Å². The van der Waals surface area contributed by atoms with Gasteiger partial charge in [-0.2, -0.15) is 0 Å². The summed E-state index contributed by atoms with van der Waals surface area (Å²) in [5.41, 5.74) is 2.65. The molecule has 0 aliphatic rings. The summed E-state index contributed by atoms with van der Waals surface area (Å²) in [5.74, 6) is -0.439. The van der Waals surface area contributed by atoms with Gasteiger partial charge in [0.15, 0.2) is 0 Å². The first kappa shape index (κ1) is 21.8. The molecule has 0 aliphatic heterocycles. The van der Waals surface area contributed by atoms with E-state index < -0.39 is 5.54 Å². The van der Waals surface area contributed by atoms with Crippen molar-refractivity contribution < 1.29 is 9.18 Å². The van der Waals surface area contributed by atoms with Gasteiger partial charge in [-0.05, 0) is 74.2 Å². The van der Waals surface area contributed by atoms with E-state index in [1.54, 1.807) is 24.4 Å². The summed E-state index contributed by atoms with van der Waals surface area (Å²) in [6.45, 7) is 3.92. The fourth-order valence-electron chi connectivity index (χ4n) is 3.57. The van der Waals surface area contributed by atoms with Gasteiger partial charge < -0.3 is 10.0 Å². The largest absolute Gasteiger partial charge is 0.347 e. The Morgan fingerprint density at radius 2 is 1.72 bits per heavy atom. The number of rotatable bonds is 7. The summed E-state index contributed by atoms with van der Waals surface area (Å²) in [7, 11) is 0. The van der Waals surface area contributed by atoms with Crippen molar-refractivity contribution in [1.82, 2.24) is 10.3 Å². The average molecular weight is 446 g/mol.